The van der Waals surface area contributed by atoms with E-state index in [0.717, 1.165) is 0 Å². The summed E-state index contributed by atoms with van der Waals surface area (Å²) in [4.78, 5) is 11.3. The van der Waals surface area contributed by atoms with Gasteiger partial charge in [-0.05, 0) is 19.8 Å². The minimum atomic E-state index is -5.75. The van der Waals surface area contributed by atoms with Crippen LogP contribution in [0.1, 0.15) is 33.6 Å². The Morgan fingerprint density at radius 3 is 1.67 bits per heavy atom. The first-order chi connectivity index (χ1) is 7.94. The van der Waals surface area contributed by atoms with Crippen molar-refractivity contribution in [3.8, 4) is 0 Å². The van der Waals surface area contributed by atoms with E-state index in [1.807, 2.05) is 0 Å². The molecule has 0 heterocycles. The van der Waals surface area contributed by atoms with Gasteiger partial charge in [-0.2, -0.15) is 26.3 Å². The molecule has 0 aliphatic carbocycles. The van der Waals surface area contributed by atoms with E-state index in [1.165, 1.54) is 13.8 Å². The SMILES string of the molecule is CCC(C)OC(=O)C(CC)(C(F)(F)F)C(F)(F)F. The summed E-state index contributed by atoms with van der Waals surface area (Å²) in [5, 5.41) is 0. The second-order valence-corrected chi connectivity index (χ2v) is 3.88. The minimum Gasteiger partial charge on any atom is -0.462 e. The molecule has 0 saturated heterocycles. The van der Waals surface area contributed by atoms with Crippen LogP contribution < -0.4 is 0 Å². The molecule has 0 fully saturated rings. The Kier molecular flexibility index (Phi) is 5.07. The molecule has 1 atom stereocenters. The third kappa shape index (κ3) is 2.89. The number of hydrogen-bond acceptors (Lipinski definition) is 2. The van der Waals surface area contributed by atoms with Gasteiger partial charge in [0.15, 0.2) is 0 Å². The Morgan fingerprint density at radius 1 is 1.06 bits per heavy atom. The molecule has 0 amide bonds. The van der Waals surface area contributed by atoms with Gasteiger partial charge in [0.1, 0.15) is 0 Å². The molecule has 0 aliphatic rings. The van der Waals surface area contributed by atoms with E-state index in [9.17, 15) is 31.1 Å². The van der Waals surface area contributed by atoms with Crippen molar-refractivity contribution in [1.29, 1.82) is 0 Å². The van der Waals surface area contributed by atoms with Crippen molar-refractivity contribution in [2.75, 3.05) is 0 Å². The van der Waals surface area contributed by atoms with Gasteiger partial charge in [-0.1, -0.05) is 13.8 Å². The molecule has 0 rings (SSSR count). The molecule has 0 spiro atoms. The largest absolute Gasteiger partial charge is 0.462 e. The Labute approximate surface area is 100 Å². The van der Waals surface area contributed by atoms with Gasteiger partial charge < -0.3 is 4.74 Å². The van der Waals surface area contributed by atoms with Crippen LogP contribution in [0.2, 0.25) is 0 Å². The van der Waals surface area contributed by atoms with Crippen molar-refractivity contribution in [3.63, 3.8) is 0 Å². The van der Waals surface area contributed by atoms with Gasteiger partial charge in [-0.15, -0.1) is 0 Å². The molecule has 0 aliphatic heterocycles. The van der Waals surface area contributed by atoms with Crippen molar-refractivity contribution < 1.29 is 35.9 Å². The lowest BCUT2D eigenvalue weighted by Crippen LogP contribution is -2.56. The average Bonchev–Trinajstić information content (AvgIpc) is 2.14. The zero-order valence-corrected chi connectivity index (χ0v) is 10.1. The summed E-state index contributed by atoms with van der Waals surface area (Å²) < 4.78 is 80.2. The molecule has 0 aromatic carbocycles. The van der Waals surface area contributed by atoms with E-state index in [2.05, 4.69) is 4.74 Å². The number of carbonyl (C=O) groups excluding carboxylic acids is 1. The predicted octanol–water partition coefficient (Wildman–Crippen LogP) is 3.85. The molecule has 2 nitrogen and oxygen atoms in total. The zero-order valence-electron chi connectivity index (χ0n) is 10.1. The summed E-state index contributed by atoms with van der Waals surface area (Å²) in [5.41, 5.74) is -4.45. The van der Waals surface area contributed by atoms with Crippen LogP contribution in [0.5, 0.6) is 0 Å². The highest BCUT2D eigenvalue weighted by Crippen LogP contribution is 2.53. The van der Waals surface area contributed by atoms with Gasteiger partial charge in [0, 0.05) is 0 Å². The molecule has 8 heteroatoms. The Bertz CT molecular complexity index is 280. The second kappa shape index (κ2) is 5.36. The fraction of sp³-hybridized carbons (Fsp3) is 0.900. The Balaban J connectivity index is 5.55. The minimum absolute atomic E-state index is 0.126. The number of halogens is 6. The lowest BCUT2D eigenvalue weighted by Gasteiger charge is -2.34. The maximum absolute atomic E-state index is 12.7. The molecule has 0 radical (unpaired) electrons. The van der Waals surface area contributed by atoms with Crippen LogP contribution in [-0.2, 0) is 9.53 Å². The summed E-state index contributed by atoms with van der Waals surface area (Å²) >= 11 is 0. The first-order valence-corrected chi connectivity index (χ1v) is 5.28. The van der Waals surface area contributed by atoms with Crippen LogP contribution in [0.3, 0.4) is 0 Å². The Hall–Kier alpha value is -0.950. The summed E-state index contributed by atoms with van der Waals surface area (Å²) in [6.07, 6.45) is -13.8. The quantitative estimate of drug-likeness (QED) is 0.577. The average molecular weight is 280 g/mol. The lowest BCUT2D eigenvalue weighted by atomic mass is 9.83. The van der Waals surface area contributed by atoms with Crippen molar-refractivity contribution in [3.05, 3.63) is 0 Å². The first-order valence-electron chi connectivity index (χ1n) is 5.28. The third-order valence-electron chi connectivity index (χ3n) is 2.73. The van der Waals surface area contributed by atoms with Crippen molar-refractivity contribution in [2.45, 2.75) is 52.1 Å². The van der Waals surface area contributed by atoms with Crippen molar-refractivity contribution in [1.82, 2.24) is 0 Å². The molecule has 0 saturated carbocycles. The van der Waals surface area contributed by atoms with Crippen LogP contribution >= 0.6 is 0 Å². The van der Waals surface area contributed by atoms with Crippen LogP contribution in [0, 0.1) is 5.41 Å². The van der Waals surface area contributed by atoms with Gasteiger partial charge in [0.05, 0.1) is 6.10 Å². The maximum atomic E-state index is 12.7. The second-order valence-electron chi connectivity index (χ2n) is 3.88. The van der Waals surface area contributed by atoms with Crippen LogP contribution in [-0.4, -0.2) is 24.4 Å². The smallest absolute Gasteiger partial charge is 0.413 e. The van der Waals surface area contributed by atoms with Crippen LogP contribution in [0.4, 0.5) is 26.3 Å². The van der Waals surface area contributed by atoms with Crippen molar-refractivity contribution in [2.24, 2.45) is 5.41 Å². The topological polar surface area (TPSA) is 26.3 Å². The zero-order chi connectivity index (χ0) is 14.8. The van der Waals surface area contributed by atoms with Crippen LogP contribution in [0.25, 0.3) is 0 Å². The molecule has 1 unspecified atom stereocenters. The summed E-state index contributed by atoms with van der Waals surface area (Å²) in [6, 6.07) is 0. The number of esters is 1. The molecular formula is C10H14F6O2. The molecular weight excluding hydrogens is 266 g/mol. The predicted molar refractivity (Wildman–Crippen MR) is 50.7 cm³/mol. The number of alkyl halides is 6. The molecule has 18 heavy (non-hydrogen) atoms. The molecule has 0 N–H and O–H groups in total. The highest BCUT2D eigenvalue weighted by molar-refractivity contribution is 5.79. The van der Waals surface area contributed by atoms with Crippen LogP contribution in [0.15, 0.2) is 0 Å². The van der Waals surface area contributed by atoms with Gasteiger partial charge in [-0.25, -0.2) is 0 Å². The standard InChI is InChI=1S/C10H14F6O2/c1-4-6(3)18-7(17)8(5-2,9(11,12)13)10(14,15)16/h6H,4-5H2,1-3H3. The molecule has 108 valence electrons. The van der Waals surface area contributed by atoms with E-state index in [4.69, 9.17) is 0 Å². The molecule has 0 aromatic rings. The molecule has 0 aromatic heterocycles. The number of carbonyl (C=O) groups is 1. The summed E-state index contributed by atoms with van der Waals surface area (Å²) in [7, 11) is 0. The Morgan fingerprint density at radius 2 is 1.44 bits per heavy atom. The highest BCUT2D eigenvalue weighted by atomic mass is 19.4. The molecule has 0 bridgehead atoms. The van der Waals surface area contributed by atoms with E-state index in [-0.39, 0.29) is 6.42 Å². The van der Waals surface area contributed by atoms with Gasteiger partial charge in [0.25, 0.3) is 5.41 Å². The van der Waals surface area contributed by atoms with E-state index in [0.29, 0.717) is 6.92 Å². The van der Waals surface area contributed by atoms with E-state index in [1.54, 1.807) is 0 Å². The first kappa shape index (κ1) is 17.1. The third-order valence-corrected chi connectivity index (χ3v) is 2.73. The monoisotopic (exact) mass is 280 g/mol. The maximum Gasteiger partial charge on any atom is 0.413 e. The van der Waals surface area contributed by atoms with Gasteiger partial charge in [0.2, 0.25) is 0 Å². The van der Waals surface area contributed by atoms with Gasteiger partial charge in [-0.3, -0.25) is 4.79 Å². The number of ether oxygens (including phenoxy) is 1. The summed E-state index contributed by atoms with van der Waals surface area (Å²) in [5.74, 6) is -2.29. The lowest BCUT2D eigenvalue weighted by molar-refractivity contribution is -0.334. The normalized spacial score (nSPS) is 15.4. The number of rotatable bonds is 4. The number of hydrogen-bond donors (Lipinski definition) is 0. The fourth-order valence-corrected chi connectivity index (χ4v) is 1.30. The summed E-state index contributed by atoms with van der Waals surface area (Å²) in [6.45, 7) is 3.36. The van der Waals surface area contributed by atoms with E-state index >= 15 is 0 Å². The van der Waals surface area contributed by atoms with E-state index < -0.39 is 36.3 Å². The highest BCUT2D eigenvalue weighted by Gasteiger charge is 2.75. The fourth-order valence-electron chi connectivity index (χ4n) is 1.30. The van der Waals surface area contributed by atoms with Gasteiger partial charge >= 0.3 is 18.3 Å². The van der Waals surface area contributed by atoms with Crippen molar-refractivity contribution >= 4 is 5.97 Å².